The van der Waals surface area contributed by atoms with Crippen molar-refractivity contribution in [3.8, 4) is 0 Å². The summed E-state index contributed by atoms with van der Waals surface area (Å²) in [5.41, 5.74) is -0.0308. The highest BCUT2D eigenvalue weighted by Gasteiger charge is 2.31. The van der Waals surface area contributed by atoms with Crippen LogP contribution in [0.2, 0.25) is 0 Å². The van der Waals surface area contributed by atoms with Gasteiger partial charge < -0.3 is 19.6 Å². The Morgan fingerprint density at radius 2 is 2.00 bits per heavy atom. The molecule has 1 aromatic carbocycles. The molecule has 1 fully saturated rings. The van der Waals surface area contributed by atoms with E-state index in [1.165, 1.54) is 12.1 Å². The van der Waals surface area contributed by atoms with Crippen LogP contribution in [0.3, 0.4) is 0 Å². The minimum Gasteiger partial charge on any atom is -0.368 e. The molecular weight excluding hydrogens is 385 g/mol. The first kappa shape index (κ1) is 20.9. The Hall–Kier alpha value is -2.78. The monoisotopic (exact) mass is 410 g/mol. The van der Waals surface area contributed by atoms with Crippen LogP contribution in [0.5, 0.6) is 0 Å². The second kappa shape index (κ2) is 9.15. The third kappa shape index (κ3) is 5.61. The third-order valence-electron chi connectivity index (χ3n) is 4.61. The zero-order valence-corrected chi connectivity index (χ0v) is 16.5. The number of anilines is 1. The van der Waals surface area contributed by atoms with Crippen LogP contribution in [0.1, 0.15) is 24.2 Å². The molecule has 1 N–H and O–H groups in total. The van der Waals surface area contributed by atoms with Gasteiger partial charge in [0.05, 0.1) is 12.1 Å². The van der Waals surface area contributed by atoms with Crippen LogP contribution in [0.15, 0.2) is 33.8 Å². The Balaban J connectivity index is 1.59. The molecule has 10 heteroatoms. The van der Waals surface area contributed by atoms with Crippen LogP contribution >= 0.6 is 0 Å². The van der Waals surface area contributed by atoms with Gasteiger partial charge in [-0.3, -0.25) is 4.99 Å². The Labute approximate surface area is 167 Å². The first-order valence-corrected chi connectivity index (χ1v) is 9.61. The zero-order valence-electron chi connectivity index (χ0n) is 16.5. The van der Waals surface area contributed by atoms with E-state index >= 15 is 0 Å². The number of guanidine groups is 1. The van der Waals surface area contributed by atoms with Gasteiger partial charge in [0.1, 0.15) is 0 Å². The zero-order chi connectivity index (χ0) is 20.9. The van der Waals surface area contributed by atoms with E-state index in [0.29, 0.717) is 56.5 Å². The van der Waals surface area contributed by atoms with Crippen molar-refractivity contribution in [2.24, 2.45) is 4.99 Å². The summed E-state index contributed by atoms with van der Waals surface area (Å²) in [4.78, 5) is 12.9. The molecule has 1 saturated heterocycles. The van der Waals surface area contributed by atoms with E-state index in [-0.39, 0.29) is 0 Å². The number of rotatable bonds is 5. The number of hydrogen-bond acceptors (Lipinski definition) is 5. The number of alkyl halides is 3. The van der Waals surface area contributed by atoms with Gasteiger partial charge in [0.15, 0.2) is 11.8 Å². The number of halogens is 3. The van der Waals surface area contributed by atoms with Gasteiger partial charge in [-0.25, -0.2) is 0 Å². The molecule has 0 radical (unpaired) electrons. The van der Waals surface area contributed by atoms with E-state index in [0.717, 1.165) is 18.6 Å². The van der Waals surface area contributed by atoms with Gasteiger partial charge in [-0.1, -0.05) is 11.2 Å². The molecule has 0 bridgehead atoms. The average molecular weight is 410 g/mol. The van der Waals surface area contributed by atoms with Crippen LogP contribution in [0.4, 0.5) is 18.9 Å². The number of nitrogens with one attached hydrogen (secondary N) is 1. The standard InChI is InChI=1S/C19H25F3N6O/c1-3-23-18(24-8-7-17-25-14(2)26-29-17)28-11-9-27(10-12-28)16-6-4-5-15(13-16)19(20,21)22/h4-6,13H,3,7-12H2,1-2H3,(H,23,24). The van der Waals surface area contributed by atoms with Crippen LogP contribution in [-0.2, 0) is 12.6 Å². The number of aliphatic imine (C=N–C) groups is 1. The summed E-state index contributed by atoms with van der Waals surface area (Å²) in [5.74, 6) is 1.94. The van der Waals surface area contributed by atoms with Crippen LogP contribution in [0, 0.1) is 6.92 Å². The molecule has 1 aliphatic heterocycles. The molecule has 0 aliphatic carbocycles. The topological polar surface area (TPSA) is 69.8 Å². The number of hydrogen-bond donors (Lipinski definition) is 1. The molecule has 3 rings (SSSR count). The van der Waals surface area contributed by atoms with Crippen molar-refractivity contribution in [1.29, 1.82) is 0 Å². The SMILES string of the molecule is CCNC(=NCCc1nc(C)no1)N1CCN(c2cccc(C(F)(F)F)c2)CC1. The van der Waals surface area contributed by atoms with Crippen molar-refractivity contribution < 1.29 is 17.7 Å². The Kier molecular flexibility index (Phi) is 6.60. The molecule has 1 aliphatic rings. The largest absolute Gasteiger partial charge is 0.416 e. The minimum atomic E-state index is -4.33. The van der Waals surface area contributed by atoms with Gasteiger partial charge in [0.2, 0.25) is 5.89 Å². The predicted octanol–water partition coefficient (Wildman–Crippen LogP) is 2.73. The maximum atomic E-state index is 13.0. The van der Waals surface area contributed by atoms with Gasteiger partial charge in [0.25, 0.3) is 0 Å². The summed E-state index contributed by atoms with van der Waals surface area (Å²) in [6.45, 7) is 7.58. The van der Waals surface area contributed by atoms with E-state index in [9.17, 15) is 13.2 Å². The Morgan fingerprint density at radius 3 is 2.62 bits per heavy atom. The van der Waals surface area contributed by atoms with Crippen molar-refractivity contribution in [1.82, 2.24) is 20.4 Å². The van der Waals surface area contributed by atoms with Gasteiger partial charge in [0, 0.05) is 44.8 Å². The van der Waals surface area contributed by atoms with E-state index < -0.39 is 11.7 Å². The molecule has 0 unspecified atom stereocenters. The number of nitrogens with zero attached hydrogens (tertiary/aromatic N) is 5. The summed E-state index contributed by atoms with van der Waals surface area (Å²) in [6, 6.07) is 5.48. The van der Waals surface area contributed by atoms with Gasteiger partial charge in [-0.2, -0.15) is 18.2 Å². The lowest BCUT2D eigenvalue weighted by molar-refractivity contribution is -0.137. The number of aromatic nitrogens is 2. The first-order chi connectivity index (χ1) is 13.9. The van der Waals surface area contributed by atoms with Crippen molar-refractivity contribution >= 4 is 11.6 Å². The van der Waals surface area contributed by atoms with Crippen molar-refractivity contribution in [3.63, 3.8) is 0 Å². The van der Waals surface area contributed by atoms with Gasteiger partial charge in [-0.15, -0.1) is 0 Å². The average Bonchev–Trinajstić information content (AvgIpc) is 3.12. The van der Waals surface area contributed by atoms with Crippen LogP contribution in [0.25, 0.3) is 0 Å². The van der Waals surface area contributed by atoms with Crippen LogP contribution < -0.4 is 10.2 Å². The highest BCUT2D eigenvalue weighted by molar-refractivity contribution is 5.80. The maximum Gasteiger partial charge on any atom is 0.416 e. The quantitative estimate of drug-likeness (QED) is 0.604. The molecule has 0 atom stereocenters. The fraction of sp³-hybridized carbons (Fsp3) is 0.526. The normalized spacial score (nSPS) is 15.7. The van der Waals surface area contributed by atoms with Crippen molar-refractivity contribution in [2.45, 2.75) is 26.4 Å². The van der Waals surface area contributed by atoms with E-state index in [2.05, 4.69) is 25.3 Å². The van der Waals surface area contributed by atoms with Crippen molar-refractivity contribution in [2.75, 3.05) is 44.2 Å². The molecule has 158 valence electrons. The van der Waals surface area contributed by atoms with Gasteiger partial charge in [-0.05, 0) is 32.0 Å². The minimum absolute atomic E-state index is 0.512. The van der Waals surface area contributed by atoms with Crippen LogP contribution in [-0.4, -0.2) is 60.3 Å². The second-order valence-corrected chi connectivity index (χ2v) is 6.74. The molecular formula is C19H25F3N6O. The number of aryl methyl sites for hydroxylation is 1. The lowest BCUT2D eigenvalue weighted by atomic mass is 10.1. The predicted molar refractivity (Wildman–Crippen MR) is 104 cm³/mol. The highest BCUT2D eigenvalue weighted by Crippen LogP contribution is 2.31. The summed E-state index contributed by atoms with van der Waals surface area (Å²) in [7, 11) is 0. The summed E-state index contributed by atoms with van der Waals surface area (Å²) < 4.78 is 44.0. The first-order valence-electron chi connectivity index (χ1n) is 9.61. The molecule has 7 nitrogen and oxygen atoms in total. The van der Waals surface area contributed by atoms with Crippen molar-refractivity contribution in [3.05, 3.63) is 41.5 Å². The molecule has 0 amide bonds. The van der Waals surface area contributed by atoms with E-state index in [1.807, 2.05) is 11.8 Å². The molecule has 2 aromatic rings. The fourth-order valence-corrected chi connectivity index (χ4v) is 3.18. The van der Waals surface area contributed by atoms with E-state index in [1.54, 1.807) is 13.0 Å². The molecule has 2 heterocycles. The summed E-state index contributed by atoms with van der Waals surface area (Å²) in [5, 5.41) is 7.03. The highest BCUT2D eigenvalue weighted by atomic mass is 19.4. The second-order valence-electron chi connectivity index (χ2n) is 6.74. The number of piperazine rings is 1. The summed E-state index contributed by atoms with van der Waals surface area (Å²) in [6.07, 6.45) is -3.78. The smallest absolute Gasteiger partial charge is 0.368 e. The molecule has 0 spiro atoms. The number of benzene rings is 1. The fourth-order valence-electron chi connectivity index (χ4n) is 3.18. The molecule has 0 saturated carbocycles. The lowest BCUT2D eigenvalue weighted by Crippen LogP contribution is -2.52. The van der Waals surface area contributed by atoms with Gasteiger partial charge >= 0.3 is 6.18 Å². The lowest BCUT2D eigenvalue weighted by Gasteiger charge is -2.38. The Morgan fingerprint density at radius 1 is 1.24 bits per heavy atom. The third-order valence-corrected chi connectivity index (χ3v) is 4.61. The molecule has 1 aromatic heterocycles. The molecule has 29 heavy (non-hydrogen) atoms. The maximum absolute atomic E-state index is 13.0. The van der Waals surface area contributed by atoms with E-state index in [4.69, 9.17) is 4.52 Å². The summed E-state index contributed by atoms with van der Waals surface area (Å²) >= 11 is 0. The Bertz CT molecular complexity index is 827.